The first-order valence-electron chi connectivity index (χ1n) is 8.18. The van der Waals surface area contributed by atoms with Gasteiger partial charge in [-0.2, -0.15) is 5.10 Å². The zero-order valence-electron chi connectivity index (χ0n) is 15.1. The normalized spacial score (nSPS) is 12.1. The smallest absolute Gasteiger partial charge is 0.270 e. The number of nitrogens with two attached hydrogens (primary N) is 1. The molecule has 27 heavy (non-hydrogen) atoms. The molecule has 0 spiro atoms. The van der Waals surface area contributed by atoms with Crippen molar-refractivity contribution in [1.82, 2.24) is 14.1 Å². The van der Waals surface area contributed by atoms with Gasteiger partial charge in [-0.05, 0) is 30.5 Å². The summed E-state index contributed by atoms with van der Waals surface area (Å²) in [6.45, 7) is 2.51. The van der Waals surface area contributed by atoms with Gasteiger partial charge in [0.2, 0.25) is 20.0 Å². The Labute approximate surface area is 158 Å². The van der Waals surface area contributed by atoms with Gasteiger partial charge in [-0.25, -0.2) is 26.3 Å². The number of nitrogens with zero attached hydrogens (tertiary/aromatic N) is 3. The molecule has 11 heteroatoms. The highest BCUT2D eigenvalue weighted by molar-refractivity contribution is 7.89. The summed E-state index contributed by atoms with van der Waals surface area (Å²) >= 11 is 0. The van der Waals surface area contributed by atoms with Crippen LogP contribution in [0.2, 0.25) is 0 Å². The topological polar surface area (TPSA) is 132 Å². The zero-order valence-corrected chi connectivity index (χ0v) is 16.7. The van der Waals surface area contributed by atoms with Crippen LogP contribution in [0.4, 0.5) is 0 Å². The first kappa shape index (κ1) is 21.1. The van der Waals surface area contributed by atoms with Gasteiger partial charge in [-0.3, -0.25) is 9.48 Å². The summed E-state index contributed by atoms with van der Waals surface area (Å²) < 4.78 is 49.1. The average molecular weight is 415 g/mol. The molecule has 0 atom stereocenters. The van der Waals surface area contributed by atoms with Crippen molar-refractivity contribution in [3.8, 4) is 0 Å². The Morgan fingerprint density at radius 1 is 1.19 bits per heavy atom. The molecule has 0 saturated heterocycles. The number of amides is 1. The second kappa shape index (κ2) is 8.19. The van der Waals surface area contributed by atoms with Gasteiger partial charge in [0.15, 0.2) is 0 Å². The van der Waals surface area contributed by atoms with Gasteiger partial charge in [0, 0.05) is 19.3 Å². The van der Waals surface area contributed by atoms with Crippen molar-refractivity contribution in [3.63, 3.8) is 0 Å². The van der Waals surface area contributed by atoms with Crippen molar-refractivity contribution in [2.45, 2.75) is 31.2 Å². The van der Waals surface area contributed by atoms with Crippen molar-refractivity contribution < 1.29 is 21.6 Å². The van der Waals surface area contributed by atoms with E-state index in [1.165, 1.54) is 36.7 Å². The molecule has 0 bridgehead atoms. The lowest BCUT2D eigenvalue weighted by Gasteiger charge is -2.19. The fraction of sp³-hybridized carbons (Fsp3) is 0.375. The van der Waals surface area contributed by atoms with E-state index in [-0.39, 0.29) is 23.4 Å². The molecule has 2 rings (SSSR count). The SMILES string of the molecule is CCCn1cc(C(=O)N(CCc2ccc(S(N)(=O)=O)cc2)S(C)(=O)=O)cn1. The molecular formula is C16H22N4O5S2. The third-order valence-corrected chi connectivity index (χ3v) is 5.89. The summed E-state index contributed by atoms with van der Waals surface area (Å²) in [6, 6.07) is 5.74. The summed E-state index contributed by atoms with van der Waals surface area (Å²) in [4.78, 5) is 12.6. The van der Waals surface area contributed by atoms with E-state index in [2.05, 4.69) is 5.10 Å². The van der Waals surface area contributed by atoms with Crippen molar-refractivity contribution in [2.24, 2.45) is 5.14 Å². The third-order valence-electron chi connectivity index (χ3n) is 3.82. The van der Waals surface area contributed by atoms with Gasteiger partial charge in [0.05, 0.1) is 22.9 Å². The number of carbonyl (C=O) groups excluding carboxylic acids is 1. The molecule has 0 aliphatic heterocycles. The number of carbonyl (C=O) groups is 1. The highest BCUT2D eigenvalue weighted by atomic mass is 32.2. The third kappa shape index (κ3) is 5.62. The molecule has 9 nitrogen and oxygen atoms in total. The van der Waals surface area contributed by atoms with Gasteiger partial charge < -0.3 is 0 Å². The number of benzene rings is 1. The van der Waals surface area contributed by atoms with E-state index >= 15 is 0 Å². The minimum Gasteiger partial charge on any atom is -0.272 e. The second-order valence-corrected chi connectivity index (χ2v) is 9.54. The second-order valence-electron chi connectivity index (χ2n) is 6.07. The van der Waals surface area contributed by atoms with E-state index in [4.69, 9.17) is 5.14 Å². The van der Waals surface area contributed by atoms with Crippen LogP contribution in [0.5, 0.6) is 0 Å². The van der Waals surface area contributed by atoms with Crippen LogP contribution < -0.4 is 5.14 Å². The van der Waals surface area contributed by atoms with Crippen molar-refractivity contribution in [2.75, 3.05) is 12.8 Å². The van der Waals surface area contributed by atoms with E-state index in [1.807, 2.05) is 6.92 Å². The molecule has 2 N–H and O–H groups in total. The molecule has 0 unspecified atom stereocenters. The molecule has 1 aromatic carbocycles. The lowest BCUT2D eigenvalue weighted by Crippen LogP contribution is -2.37. The van der Waals surface area contributed by atoms with Crippen molar-refractivity contribution >= 4 is 26.0 Å². The number of hydrogen-bond donors (Lipinski definition) is 1. The van der Waals surface area contributed by atoms with Crippen LogP contribution >= 0.6 is 0 Å². The molecule has 2 aromatic rings. The predicted molar refractivity (Wildman–Crippen MR) is 99.9 cm³/mol. The van der Waals surface area contributed by atoms with Gasteiger partial charge in [0.25, 0.3) is 5.91 Å². The molecule has 0 aliphatic rings. The van der Waals surface area contributed by atoms with E-state index < -0.39 is 26.0 Å². The van der Waals surface area contributed by atoms with Gasteiger partial charge in [-0.1, -0.05) is 19.1 Å². The zero-order chi connectivity index (χ0) is 20.2. The summed E-state index contributed by atoms with van der Waals surface area (Å²) in [6.07, 6.45) is 4.89. The lowest BCUT2D eigenvalue weighted by molar-refractivity contribution is 0.0863. The van der Waals surface area contributed by atoms with Crippen LogP contribution in [0.3, 0.4) is 0 Å². The Kier molecular flexibility index (Phi) is 6.39. The summed E-state index contributed by atoms with van der Waals surface area (Å²) in [5.41, 5.74) is 0.865. The first-order chi connectivity index (χ1) is 12.5. The molecule has 0 saturated carbocycles. The Hall–Kier alpha value is -2.24. The fourth-order valence-electron chi connectivity index (χ4n) is 2.46. The Bertz CT molecular complexity index is 1010. The van der Waals surface area contributed by atoms with Crippen LogP contribution in [0.1, 0.15) is 29.3 Å². The highest BCUT2D eigenvalue weighted by Gasteiger charge is 2.25. The molecule has 0 aliphatic carbocycles. The largest absolute Gasteiger partial charge is 0.272 e. The Morgan fingerprint density at radius 3 is 2.33 bits per heavy atom. The van der Waals surface area contributed by atoms with Crippen LogP contribution in [0.25, 0.3) is 0 Å². The van der Waals surface area contributed by atoms with Crippen LogP contribution in [-0.2, 0) is 33.0 Å². The van der Waals surface area contributed by atoms with Crippen molar-refractivity contribution in [1.29, 1.82) is 0 Å². The van der Waals surface area contributed by atoms with Gasteiger partial charge in [-0.15, -0.1) is 0 Å². The van der Waals surface area contributed by atoms with E-state index in [0.717, 1.165) is 17.0 Å². The molecule has 1 aromatic heterocycles. The number of rotatable bonds is 8. The summed E-state index contributed by atoms with van der Waals surface area (Å²) in [5.74, 6) is -0.652. The lowest BCUT2D eigenvalue weighted by atomic mass is 10.1. The summed E-state index contributed by atoms with van der Waals surface area (Å²) in [7, 11) is -7.58. The predicted octanol–water partition coefficient (Wildman–Crippen LogP) is 0.585. The minimum absolute atomic E-state index is 0.0365. The number of sulfonamides is 2. The number of aryl methyl sites for hydroxylation is 1. The van der Waals surface area contributed by atoms with E-state index in [9.17, 15) is 21.6 Å². The van der Waals surface area contributed by atoms with Crippen molar-refractivity contribution in [3.05, 3.63) is 47.8 Å². The summed E-state index contributed by atoms with van der Waals surface area (Å²) in [5, 5.41) is 9.09. The monoisotopic (exact) mass is 414 g/mol. The Morgan fingerprint density at radius 2 is 1.81 bits per heavy atom. The maximum Gasteiger partial charge on any atom is 0.270 e. The molecular weight excluding hydrogens is 392 g/mol. The molecule has 1 amide bonds. The Balaban J connectivity index is 2.16. The highest BCUT2D eigenvalue weighted by Crippen LogP contribution is 2.13. The number of primary sulfonamides is 1. The van der Waals surface area contributed by atoms with Crippen LogP contribution in [-0.4, -0.2) is 49.6 Å². The van der Waals surface area contributed by atoms with Crippen LogP contribution in [0.15, 0.2) is 41.6 Å². The molecule has 1 heterocycles. The standard InChI is InChI=1S/C16H22N4O5S2/c1-3-9-19-12-14(11-18-19)16(21)20(26(2,22)23)10-8-13-4-6-15(7-5-13)27(17,24)25/h4-7,11-12H,3,8-10H2,1-2H3,(H2,17,24,25). The van der Waals surface area contributed by atoms with E-state index in [1.54, 1.807) is 4.68 Å². The molecule has 148 valence electrons. The quantitative estimate of drug-likeness (QED) is 0.672. The maximum atomic E-state index is 12.6. The van der Waals surface area contributed by atoms with Crippen LogP contribution in [0, 0.1) is 0 Å². The van der Waals surface area contributed by atoms with Gasteiger partial charge >= 0.3 is 0 Å². The average Bonchev–Trinajstić information content (AvgIpc) is 3.02. The van der Waals surface area contributed by atoms with Gasteiger partial charge in [0.1, 0.15) is 0 Å². The number of aromatic nitrogens is 2. The minimum atomic E-state index is -3.80. The maximum absolute atomic E-state index is 12.6. The molecule has 0 fully saturated rings. The number of hydrogen-bond acceptors (Lipinski definition) is 6. The molecule has 0 radical (unpaired) electrons. The van der Waals surface area contributed by atoms with E-state index in [0.29, 0.717) is 12.1 Å². The first-order valence-corrected chi connectivity index (χ1v) is 11.6. The fourth-order valence-corrected chi connectivity index (χ4v) is 3.81.